The van der Waals surface area contributed by atoms with E-state index in [0.29, 0.717) is 6.54 Å². The lowest BCUT2D eigenvalue weighted by Gasteiger charge is -2.24. The van der Waals surface area contributed by atoms with Gasteiger partial charge in [-0.1, -0.05) is 20.8 Å². The van der Waals surface area contributed by atoms with E-state index in [1.165, 1.54) is 0 Å². The van der Waals surface area contributed by atoms with Crippen molar-refractivity contribution in [3.63, 3.8) is 0 Å². The van der Waals surface area contributed by atoms with Crippen LogP contribution in [0.2, 0.25) is 0 Å². The van der Waals surface area contributed by atoms with E-state index in [1.807, 2.05) is 18.2 Å². The normalized spacial score (nSPS) is 12.0. The van der Waals surface area contributed by atoms with Crippen LogP contribution >= 0.6 is 0 Å². The molecular weight excluding hydrogens is 392 g/mol. The molecule has 1 rings (SSSR count). The third kappa shape index (κ3) is 12.3. The van der Waals surface area contributed by atoms with Crippen molar-refractivity contribution in [3.8, 4) is 11.5 Å². The first-order valence-corrected chi connectivity index (χ1v) is 9.69. The number of nitrogens with one attached hydrogen (secondary N) is 1. The van der Waals surface area contributed by atoms with E-state index in [9.17, 15) is 5.11 Å². The molecule has 0 spiro atoms. The Labute approximate surface area is 178 Å². The second kappa shape index (κ2) is 13.8. The topological polar surface area (TPSA) is 129 Å². The summed E-state index contributed by atoms with van der Waals surface area (Å²) >= 11 is 0. The molecule has 0 amide bonds. The molecule has 1 unspecified atom stereocenters. The summed E-state index contributed by atoms with van der Waals surface area (Å²) in [5.41, 5.74) is 1.02. The summed E-state index contributed by atoms with van der Waals surface area (Å²) in [4.78, 5) is 20.4. The van der Waals surface area contributed by atoms with Gasteiger partial charge in [-0.15, -0.1) is 0 Å². The van der Waals surface area contributed by atoms with Crippen molar-refractivity contribution < 1.29 is 34.4 Å². The monoisotopic (exact) mass is 428 g/mol. The average Bonchev–Trinajstić information content (AvgIpc) is 2.65. The SMILES string of the molecule is COc1ccc(OCC(O)CNCCCN(C)C)c(C(C)(C)C)c1.O=C(O)C(=O)O. The van der Waals surface area contributed by atoms with Gasteiger partial charge in [-0.3, -0.25) is 0 Å². The molecular formula is C21H36N2O7. The fourth-order valence-corrected chi connectivity index (χ4v) is 2.38. The van der Waals surface area contributed by atoms with E-state index in [-0.39, 0.29) is 12.0 Å². The maximum Gasteiger partial charge on any atom is 0.414 e. The molecule has 0 aliphatic heterocycles. The average molecular weight is 429 g/mol. The molecule has 30 heavy (non-hydrogen) atoms. The molecule has 4 N–H and O–H groups in total. The zero-order valence-corrected chi connectivity index (χ0v) is 18.8. The largest absolute Gasteiger partial charge is 0.497 e. The van der Waals surface area contributed by atoms with E-state index in [2.05, 4.69) is 45.1 Å². The first-order valence-electron chi connectivity index (χ1n) is 9.69. The van der Waals surface area contributed by atoms with Gasteiger partial charge < -0.3 is 35.0 Å². The Bertz CT molecular complexity index is 645. The summed E-state index contributed by atoms with van der Waals surface area (Å²) in [7, 11) is 5.78. The van der Waals surface area contributed by atoms with E-state index in [1.54, 1.807) is 7.11 Å². The Balaban J connectivity index is 0.00000122. The highest BCUT2D eigenvalue weighted by Gasteiger charge is 2.20. The van der Waals surface area contributed by atoms with E-state index in [4.69, 9.17) is 29.3 Å². The van der Waals surface area contributed by atoms with Gasteiger partial charge in [0, 0.05) is 12.1 Å². The van der Waals surface area contributed by atoms with Crippen LogP contribution in [0.3, 0.4) is 0 Å². The predicted molar refractivity (Wildman–Crippen MR) is 115 cm³/mol. The van der Waals surface area contributed by atoms with Crippen molar-refractivity contribution >= 4 is 11.9 Å². The molecule has 1 atom stereocenters. The highest BCUT2D eigenvalue weighted by atomic mass is 16.5. The Hall–Kier alpha value is -2.36. The molecule has 9 heteroatoms. The van der Waals surface area contributed by atoms with Crippen LogP contribution < -0.4 is 14.8 Å². The summed E-state index contributed by atoms with van der Waals surface area (Å²) in [5, 5.41) is 28.1. The molecule has 0 aliphatic rings. The summed E-state index contributed by atoms with van der Waals surface area (Å²) in [6.07, 6.45) is 0.534. The van der Waals surface area contributed by atoms with Crippen LogP contribution in [0.5, 0.6) is 11.5 Å². The summed E-state index contributed by atoms with van der Waals surface area (Å²) in [5.74, 6) is -2.03. The summed E-state index contributed by atoms with van der Waals surface area (Å²) in [6, 6.07) is 5.80. The van der Waals surface area contributed by atoms with Crippen molar-refractivity contribution in [1.82, 2.24) is 10.2 Å². The van der Waals surface area contributed by atoms with Gasteiger partial charge in [-0.2, -0.15) is 0 Å². The number of ether oxygens (including phenoxy) is 2. The fraction of sp³-hybridized carbons (Fsp3) is 0.619. The molecule has 172 valence electrons. The first-order chi connectivity index (χ1) is 13.9. The third-order valence-corrected chi connectivity index (χ3v) is 3.95. The standard InChI is InChI=1S/C19H34N2O3.C2H2O4/c1-19(2,3)17-12-16(23-6)8-9-18(17)24-14-15(22)13-20-10-7-11-21(4)5;3-1(4)2(5)6/h8-9,12,15,20,22H,7,10-11,13-14H2,1-6H3;(H,3,4)(H,5,6). The number of nitrogens with zero attached hydrogens (tertiary/aromatic N) is 1. The van der Waals surface area contributed by atoms with Crippen LogP contribution in [0.1, 0.15) is 32.8 Å². The Kier molecular flexibility index (Phi) is 12.7. The molecule has 0 heterocycles. The smallest absolute Gasteiger partial charge is 0.414 e. The third-order valence-electron chi connectivity index (χ3n) is 3.95. The Morgan fingerprint density at radius 1 is 1.17 bits per heavy atom. The van der Waals surface area contributed by atoms with Crippen LogP contribution in [-0.2, 0) is 15.0 Å². The zero-order chi connectivity index (χ0) is 23.3. The molecule has 1 aromatic rings. The lowest BCUT2D eigenvalue weighted by atomic mass is 9.86. The second-order valence-corrected chi connectivity index (χ2v) is 8.05. The lowest BCUT2D eigenvalue weighted by Crippen LogP contribution is -2.33. The minimum absolute atomic E-state index is 0.0563. The Morgan fingerprint density at radius 2 is 1.77 bits per heavy atom. The van der Waals surface area contributed by atoms with Gasteiger partial charge in [0.2, 0.25) is 0 Å². The minimum Gasteiger partial charge on any atom is -0.497 e. The van der Waals surface area contributed by atoms with Crippen molar-refractivity contribution in [2.75, 3.05) is 47.4 Å². The maximum atomic E-state index is 10.1. The number of hydrogen-bond acceptors (Lipinski definition) is 7. The van der Waals surface area contributed by atoms with Crippen LogP contribution in [-0.4, -0.2) is 85.7 Å². The first kappa shape index (κ1) is 27.6. The van der Waals surface area contributed by atoms with Crippen LogP contribution in [0.25, 0.3) is 0 Å². The number of benzene rings is 1. The second-order valence-electron chi connectivity index (χ2n) is 8.05. The maximum absolute atomic E-state index is 10.1. The fourth-order valence-electron chi connectivity index (χ4n) is 2.38. The van der Waals surface area contributed by atoms with E-state index in [0.717, 1.165) is 36.6 Å². The number of aliphatic carboxylic acids is 2. The molecule has 0 saturated heterocycles. The van der Waals surface area contributed by atoms with Gasteiger partial charge in [0.25, 0.3) is 0 Å². The van der Waals surface area contributed by atoms with Crippen molar-refractivity contribution in [2.45, 2.75) is 38.7 Å². The van der Waals surface area contributed by atoms with Gasteiger partial charge >= 0.3 is 11.9 Å². The lowest BCUT2D eigenvalue weighted by molar-refractivity contribution is -0.159. The zero-order valence-electron chi connectivity index (χ0n) is 18.8. The molecule has 0 fully saturated rings. The molecule has 1 aromatic carbocycles. The highest BCUT2D eigenvalue weighted by molar-refractivity contribution is 6.27. The van der Waals surface area contributed by atoms with Gasteiger partial charge in [0.1, 0.15) is 24.2 Å². The van der Waals surface area contributed by atoms with Crippen LogP contribution in [0, 0.1) is 0 Å². The molecule has 0 saturated carbocycles. The molecule has 0 bridgehead atoms. The number of methoxy groups -OCH3 is 1. The number of aliphatic hydroxyl groups excluding tert-OH is 1. The van der Waals surface area contributed by atoms with E-state index >= 15 is 0 Å². The van der Waals surface area contributed by atoms with Gasteiger partial charge in [-0.25, -0.2) is 9.59 Å². The summed E-state index contributed by atoms with van der Waals surface area (Å²) < 4.78 is 11.2. The minimum atomic E-state index is -1.82. The number of carbonyl (C=O) groups is 2. The summed E-state index contributed by atoms with van der Waals surface area (Å²) in [6.45, 7) is 9.15. The predicted octanol–water partition coefficient (Wildman–Crippen LogP) is 1.43. The van der Waals surface area contributed by atoms with Crippen molar-refractivity contribution in [2.24, 2.45) is 0 Å². The molecule has 0 radical (unpaired) electrons. The number of aliphatic hydroxyl groups is 1. The van der Waals surface area contributed by atoms with E-state index < -0.39 is 18.0 Å². The van der Waals surface area contributed by atoms with Gasteiger partial charge in [-0.05, 0) is 57.2 Å². The number of rotatable bonds is 10. The van der Waals surface area contributed by atoms with Gasteiger partial charge in [0.05, 0.1) is 7.11 Å². The quantitative estimate of drug-likeness (QED) is 0.323. The number of carboxylic acid groups (broad SMARTS) is 2. The highest BCUT2D eigenvalue weighted by Crippen LogP contribution is 2.34. The number of hydrogen-bond donors (Lipinski definition) is 4. The van der Waals surface area contributed by atoms with Crippen molar-refractivity contribution in [3.05, 3.63) is 23.8 Å². The molecule has 9 nitrogen and oxygen atoms in total. The molecule has 0 aliphatic carbocycles. The van der Waals surface area contributed by atoms with Crippen LogP contribution in [0.4, 0.5) is 0 Å². The van der Waals surface area contributed by atoms with Crippen LogP contribution in [0.15, 0.2) is 18.2 Å². The molecule has 0 aromatic heterocycles. The van der Waals surface area contributed by atoms with Gasteiger partial charge in [0.15, 0.2) is 0 Å². The number of carboxylic acids is 2. The van der Waals surface area contributed by atoms with Crippen molar-refractivity contribution in [1.29, 1.82) is 0 Å². The Morgan fingerprint density at radius 3 is 2.23 bits per heavy atom.